The number of rotatable bonds is 8. The van der Waals surface area contributed by atoms with Gasteiger partial charge >= 0.3 is 0 Å². The smallest absolute Gasteiger partial charge is 0.264 e. The minimum absolute atomic E-state index is 0.111. The first kappa shape index (κ1) is 27.9. The van der Waals surface area contributed by atoms with E-state index in [1.807, 2.05) is 45.9 Å². The lowest BCUT2D eigenvalue weighted by molar-refractivity contribution is -0.119. The minimum Gasteiger partial charge on any atom is -0.318 e. The Morgan fingerprint density at radius 3 is 2.26 bits per heavy atom. The zero-order valence-corrected chi connectivity index (χ0v) is 24.0. The highest BCUT2D eigenvalue weighted by Gasteiger charge is 2.28. The van der Waals surface area contributed by atoms with Crippen LogP contribution in [0.4, 0.5) is 5.69 Å². The summed E-state index contributed by atoms with van der Waals surface area (Å²) in [4.78, 5) is 13.1. The van der Waals surface area contributed by atoms with Crippen LogP contribution in [0.25, 0.3) is 5.69 Å². The lowest BCUT2D eigenvalue weighted by atomic mass is 10.1. The van der Waals surface area contributed by atoms with E-state index in [4.69, 9.17) is 0 Å². The van der Waals surface area contributed by atoms with E-state index in [2.05, 4.69) is 47.1 Å². The van der Waals surface area contributed by atoms with Crippen LogP contribution in [0.3, 0.4) is 0 Å². The first-order valence-electron chi connectivity index (χ1n) is 12.7. The first-order chi connectivity index (χ1) is 18.5. The van der Waals surface area contributed by atoms with Crippen LogP contribution in [-0.2, 0) is 14.8 Å². The maximum Gasteiger partial charge on any atom is 0.264 e. The maximum atomic E-state index is 13.6. The van der Waals surface area contributed by atoms with Crippen LogP contribution >= 0.6 is 0 Å². The number of benzene rings is 3. The average Bonchev–Trinajstić information content (AvgIpc) is 3.17. The Bertz CT molecular complexity index is 1650. The summed E-state index contributed by atoms with van der Waals surface area (Å²) in [5.41, 5.74) is 11.1. The Kier molecular flexibility index (Phi) is 8.06. The predicted octanol–water partition coefficient (Wildman–Crippen LogP) is 5.67. The monoisotopic (exact) mass is 542 g/mol. The van der Waals surface area contributed by atoms with Crippen molar-refractivity contribution >= 4 is 27.8 Å². The largest absolute Gasteiger partial charge is 0.318 e. The molecule has 8 heteroatoms. The number of carbonyl (C=O) groups is 1. The summed E-state index contributed by atoms with van der Waals surface area (Å²) < 4.78 is 30.4. The molecule has 3 aromatic carbocycles. The summed E-state index contributed by atoms with van der Waals surface area (Å²) in [5.74, 6) is -0.548. The van der Waals surface area contributed by atoms with Gasteiger partial charge < -0.3 is 4.57 Å². The second-order valence-corrected chi connectivity index (χ2v) is 11.7. The number of hydrogen-bond donors (Lipinski definition) is 1. The van der Waals surface area contributed by atoms with Crippen molar-refractivity contribution in [3.8, 4) is 5.69 Å². The quantitative estimate of drug-likeness (QED) is 0.230. The van der Waals surface area contributed by atoms with Gasteiger partial charge in [0.05, 0.1) is 16.8 Å². The molecule has 1 N–H and O–H groups in total. The van der Waals surface area contributed by atoms with E-state index < -0.39 is 22.5 Å². The highest BCUT2D eigenvalue weighted by molar-refractivity contribution is 7.92. The van der Waals surface area contributed by atoms with Crippen LogP contribution < -0.4 is 9.73 Å². The van der Waals surface area contributed by atoms with Gasteiger partial charge in [0.2, 0.25) is 0 Å². The van der Waals surface area contributed by atoms with Crippen LogP contribution in [-0.4, -0.2) is 31.7 Å². The van der Waals surface area contributed by atoms with E-state index in [-0.39, 0.29) is 4.90 Å². The number of hydrazone groups is 1. The third kappa shape index (κ3) is 5.96. The van der Waals surface area contributed by atoms with Gasteiger partial charge in [-0.1, -0.05) is 42.0 Å². The van der Waals surface area contributed by atoms with Crippen LogP contribution in [0, 0.1) is 41.5 Å². The zero-order chi connectivity index (χ0) is 28.3. The van der Waals surface area contributed by atoms with E-state index >= 15 is 0 Å². The molecule has 39 heavy (non-hydrogen) atoms. The number of amides is 1. The maximum absolute atomic E-state index is 13.6. The Morgan fingerprint density at radius 1 is 0.872 bits per heavy atom. The molecule has 0 aliphatic rings. The fourth-order valence-electron chi connectivity index (χ4n) is 4.62. The second kappa shape index (κ2) is 11.3. The van der Waals surface area contributed by atoms with Gasteiger partial charge in [0, 0.05) is 22.6 Å². The van der Waals surface area contributed by atoms with Crippen LogP contribution in [0.5, 0.6) is 0 Å². The van der Waals surface area contributed by atoms with Gasteiger partial charge in [-0.05, 0) is 94.6 Å². The third-order valence-corrected chi connectivity index (χ3v) is 8.63. The molecule has 0 bridgehead atoms. The van der Waals surface area contributed by atoms with Gasteiger partial charge in [0.15, 0.2) is 0 Å². The Morgan fingerprint density at radius 2 is 1.59 bits per heavy atom. The molecular weight excluding hydrogens is 508 g/mol. The summed E-state index contributed by atoms with van der Waals surface area (Å²) in [6.07, 6.45) is 1.59. The van der Waals surface area contributed by atoms with Crippen molar-refractivity contribution < 1.29 is 13.2 Å². The highest BCUT2D eigenvalue weighted by Crippen LogP contribution is 2.27. The molecule has 202 valence electrons. The number of nitrogens with one attached hydrogen (secondary N) is 1. The second-order valence-electron chi connectivity index (χ2n) is 9.84. The Hall–Kier alpha value is -4.17. The molecule has 1 heterocycles. The number of aromatic nitrogens is 1. The van der Waals surface area contributed by atoms with Crippen LogP contribution in [0.15, 0.2) is 82.8 Å². The molecule has 0 aliphatic carbocycles. The van der Waals surface area contributed by atoms with Gasteiger partial charge in [0.1, 0.15) is 6.54 Å². The Balaban J connectivity index is 1.57. The lowest BCUT2D eigenvalue weighted by Crippen LogP contribution is -2.40. The molecule has 7 nitrogen and oxygen atoms in total. The van der Waals surface area contributed by atoms with Crippen LogP contribution in [0.2, 0.25) is 0 Å². The molecule has 0 atom stereocenters. The third-order valence-electron chi connectivity index (χ3n) is 6.85. The molecule has 0 spiro atoms. The summed E-state index contributed by atoms with van der Waals surface area (Å²) >= 11 is 0. The summed E-state index contributed by atoms with van der Waals surface area (Å²) in [6, 6.07) is 21.9. The number of carbonyl (C=O) groups excluding carboxylic acids is 1. The number of nitrogens with zero attached hydrogens (tertiary/aromatic N) is 3. The van der Waals surface area contributed by atoms with Crippen molar-refractivity contribution in [3.63, 3.8) is 0 Å². The molecule has 1 amide bonds. The summed E-state index contributed by atoms with van der Waals surface area (Å²) in [6.45, 7) is 11.5. The molecule has 0 saturated heterocycles. The van der Waals surface area contributed by atoms with E-state index in [1.54, 1.807) is 30.5 Å². The number of sulfonamides is 1. The van der Waals surface area contributed by atoms with Crippen molar-refractivity contribution in [1.29, 1.82) is 0 Å². The summed E-state index contributed by atoms with van der Waals surface area (Å²) in [7, 11) is -3.99. The molecule has 0 radical (unpaired) electrons. The van der Waals surface area contributed by atoms with Crippen molar-refractivity contribution in [1.82, 2.24) is 9.99 Å². The number of aryl methyl sites for hydroxylation is 5. The van der Waals surface area contributed by atoms with Gasteiger partial charge in [-0.2, -0.15) is 5.10 Å². The minimum atomic E-state index is -3.99. The molecule has 0 saturated carbocycles. The fraction of sp³-hybridized carbons (Fsp3) is 0.226. The van der Waals surface area contributed by atoms with Crippen molar-refractivity contribution in [2.75, 3.05) is 10.8 Å². The van der Waals surface area contributed by atoms with Crippen LogP contribution in [0.1, 0.15) is 39.2 Å². The molecule has 0 fully saturated rings. The normalized spacial score (nSPS) is 11.6. The molecule has 0 aliphatic heterocycles. The average molecular weight is 543 g/mol. The molecular formula is C31H34N4O3S. The predicted molar refractivity (Wildman–Crippen MR) is 157 cm³/mol. The lowest BCUT2D eigenvalue weighted by Gasteiger charge is -2.25. The topological polar surface area (TPSA) is 83.8 Å². The van der Waals surface area contributed by atoms with Gasteiger partial charge in [-0.3, -0.25) is 9.10 Å². The molecule has 4 rings (SSSR count). The SMILES string of the molecule is Cc1ccc(N(CC(=O)N/N=C\c2cc(C)n(-c3ccc(C)c(C)c3)c2C)S(=O)(=O)c2ccccc2)c(C)c1. The van der Waals surface area contributed by atoms with Gasteiger partial charge in [0.25, 0.3) is 15.9 Å². The Labute approximate surface area is 230 Å². The van der Waals surface area contributed by atoms with E-state index in [9.17, 15) is 13.2 Å². The van der Waals surface area contributed by atoms with Crippen molar-refractivity contribution in [2.45, 2.75) is 46.4 Å². The zero-order valence-electron chi connectivity index (χ0n) is 23.2. The van der Waals surface area contributed by atoms with Gasteiger partial charge in [-0.15, -0.1) is 0 Å². The van der Waals surface area contributed by atoms with E-state index in [0.717, 1.165) is 38.1 Å². The first-order valence-corrected chi connectivity index (χ1v) is 14.2. The van der Waals surface area contributed by atoms with Crippen molar-refractivity contribution in [3.05, 3.63) is 112 Å². The molecule has 1 aromatic heterocycles. The van der Waals surface area contributed by atoms with E-state index in [0.29, 0.717) is 5.69 Å². The summed E-state index contributed by atoms with van der Waals surface area (Å²) in [5, 5.41) is 4.16. The highest BCUT2D eigenvalue weighted by atomic mass is 32.2. The molecule has 0 unspecified atom stereocenters. The number of hydrogen-bond acceptors (Lipinski definition) is 4. The van der Waals surface area contributed by atoms with E-state index in [1.165, 1.54) is 23.3 Å². The fourth-order valence-corrected chi connectivity index (χ4v) is 6.13. The standard InChI is InChI=1S/C31H34N4O3S/c1-21-12-15-30(24(4)16-21)34(39(37,38)29-10-8-7-9-11-29)20-31(36)33-32-19-27-18-25(5)35(26(27)6)28-14-13-22(2)23(3)17-28/h7-19H,20H2,1-6H3,(H,33,36)/b32-19-. The number of anilines is 1. The molecule has 4 aromatic rings. The van der Waals surface area contributed by atoms with Crippen molar-refractivity contribution in [2.24, 2.45) is 5.10 Å². The van der Waals surface area contributed by atoms with Gasteiger partial charge in [-0.25, -0.2) is 13.8 Å².